The SMILES string of the molecule is C[I+]c1ccccc1.Fc1c(F)c(F)c([B-](c2c(F)c(F)c(F)c(F)c2F)(c2c(F)c(F)c(F)c(F)c2F)c2c(F)c(F)c(F)c(F)c2F)c(F)c1F. The van der Waals surface area contributed by atoms with Gasteiger partial charge in [0, 0.05) is 0 Å². The first kappa shape index (κ1) is 41.3. The van der Waals surface area contributed by atoms with E-state index < -0.39 is 144 Å². The van der Waals surface area contributed by atoms with E-state index in [0.717, 1.165) is 0 Å². The Labute approximate surface area is 291 Å². The first-order valence-corrected chi connectivity index (χ1v) is 16.6. The van der Waals surface area contributed by atoms with Crippen molar-refractivity contribution in [2.24, 2.45) is 0 Å². The summed E-state index contributed by atoms with van der Waals surface area (Å²) in [7, 11) is 0. The molecule has 0 N–H and O–H groups in total. The van der Waals surface area contributed by atoms with Gasteiger partial charge in [0.05, 0.1) is 0 Å². The molecule has 0 saturated carbocycles. The highest BCUT2D eigenvalue weighted by Crippen LogP contribution is 2.30. The van der Waals surface area contributed by atoms with Crippen LogP contribution in [0.2, 0.25) is 0 Å². The molecule has 0 saturated heterocycles. The quantitative estimate of drug-likeness (QED) is 0.0613. The molecular weight excluding hydrogens is 890 g/mol. The number of hydrogen-bond donors (Lipinski definition) is 0. The molecule has 0 atom stereocenters. The molecule has 5 rings (SSSR count). The van der Waals surface area contributed by atoms with E-state index in [9.17, 15) is 52.7 Å². The van der Waals surface area contributed by atoms with Crippen LogP contribution in [-0.4, -0.2) is 11.1 Å². The van der Waals surface area contributed by atoms with Crippen LogP contribution in [0, 0.1) is 120 Å². The van der Waals surface area contributed by atoms with Gasteiger partial charge < -0.3 is 0 Å². The van der Waals surface area contributed by atoms with Crippen LogP contribution in [-0.2, 0) is 0 Å². The minimum Gasteiger partial charge on any atom is -0.207 e. The molecule has 0 amide bonds. The maximum absolute atomic E-state index is 15.4. The summed E-state index contributed by atoms with van der Waals surface area (Å²) < 4.78 is 295. The molecule has 0 aliphatic rings. The monoisotopic (exact) mass is 898 g/mol. The van der Waals surface area contributed by atoms with Crippen LogP contribution in [0.5, 0.6) is 0 Å². The molecule has 0 bridgehead atoms. The number of rotatable bonds is 5. The zero-order valence-corrected chi connectivity index (χ0v) is 27.1. The number of alkyl halides is 1. The summed E-state index contributed by atoms with van der Waals surface area (Å²) in [5.41, 5.74) is -14.3. The fraction of sp³-hybridized carbons (Fsp3) is 0.0323. The maximum atomic E-state index is 15.4. The van der Waals surface area contributed by atoms with Crippen molar-refractivity contribution in [1.82, 2.24) is 0 Å². The molecule has 22 heteroatoms. The van der Waals surface area contributed by atoms with Gasteiger partial charge in [-0.15, -0.1) is 21.9 Å². The number of hydrogen-bond acceptors (Lipinski definition) is 0. The van der Waals surface area contributed by atoms with Gasteiger partial charge in [-0.1, -0.05) is 18.2 Å². The summed E-state index contributed by atoms with van der Waals surface area (Å²) in [5.74, 6) is -71.4. The van der Waals surface area contributed by atoms with E-state index in [1.165, 1.54) is 3.57 Å². The van der Waals surface area contributed by atoms with E-state index in [1.54, 1.807) is 0 Å². The van der Waals surface area contributed by atoms with Crippen LogP contribution in [0.15, 0.2) is 30.3 Å². The topological polar surface area (TPSA) is 0 Å². The second kappa shape index (κ2) is 15.1. The van der Waals surface area contributed by atoms with Gasteiger partial charge in [-0.05, 0) is 12.1 Å². The third-order valence-electron chi connectivity index (χ3n) is 7.66. The average Bonchev–Trinajstić information content (AvgIpc) is 3.15. The van der Waals surface area contributed by atoms with Crippen LogP contribution in [0.1, 0.15) is 0 Å². The van der Waals surface area contributed by atoms with Gasteiger partial charge in [-0.25, -0.2) is 87.8 Å². The van der Waals surface area contributed by atoms with Crippen molar-refractivity contribution in [3.8, 4) is 0 Å². The normalized spacial score (nSPS) is 11.6. The smallest absolute Gasteiger partial charge is 0.207 e. The Bertz CT molecular complexity index is 1900. The lowest BCUT2D eigenvalue weighted by Gasteiger charge is -2.44. The molecule has 282 valence electrons. The third-order valence-corrected chi connectivity index (χ3v) is 9.62. The van der Waals surface area contributed by atoms with Crippen molar-refractivity contribution in [1.29, 1.82) is 0 Å². The first-order chi connectivity index (χ1) is 24.6. The Balaban J connectivity index is 0.000000692. The molecule has 0 spiro atoms. The molecule has 5 aromatic rings. The lowest BCUT2D eigenvalue weighted by atomic mass is 9.12. The van der Waals surface area contributed by atoms with Gasteiger partial charge in [-0.2, -0.15) is 0 Å². The van der Waals surface area contributed by atoms with E-state index >= 15 is 35.1 Å². The van der Waals surface area contributed by atoms with Crippen molar-refractivity contribution in [2.45, 2.75) is 0 Å². The Morgan fingerprint density at radius 1 is 0.283 bits per heavy atom. The minimum atomic E-state index is -7.22. The highest BCUT2D eigenvalue weighted by molar-refractivity contribution is 7.20. The van der Waals surface area contributed by atoms with Crippen molar-refractivity contribution in [3.05, 3.63) is 150 Å². The van der Waals surface area contributed by atoms with E-state index in [2.05, 4.69) is 35.3 Å². The summed E-state index contributed by atoms with van der Waals surface area (Å²) in [6.07, 6.45) is -7.22. The van der Waals surface area contributed by atoms with Crippen molar-refractivity contribution in [2.75, 3.05) is 4.93 Å². The van der Waals surface area contributed by atoms with Gasteiger partial charge in [0.1, 0.15) is 57.6 Å². The second-order valence-electron chi connectivity index (χ2n) is 10.3. The second-order valence-corrected chi connectivity index (χ2v) is 12.6. The predicted octanol–water partition coefficient (Wildman–Crippen LogP) is 4.42. The average molecular weight is 898 g/mol. The number of benzene rings is 5. The Kier molecular flexibility index (Phi) is 11.7. The summed E-state index contributed by atoms with van der Waals surface area (Å²) >= 11 is 0.309. The van der Waals surface area contributed by atoms with Gasteiger partial charge in [0.15, 0.2) is 73.4 Å². The first-order valence-electron chi connectivity index (χ1n) is 13.4. The Hall–Kier alpha value is -4.51. The zero-order valence-electron chi connectivity index (χ0n) is 24.9. The van der Waals surface area contributed by atoms with Gasteiger partial charge in [-0.3, -0.25) is 0 Å². The lowest BCUT2D eigenvalue weighted by Crippen LogP contribution is -3.60. The van der Waals surface area contributed by atoms with E-state index in [-0.39, 0.29) is 0 Å². The van der Waals surface area contributed by atoms with Crippen molar-refractivity contribution in [3.63, 3.8) is 0 Å². The molecule has 0 aliphatic carbocycles. The van der Waals surface area contributed by atoms with Crippen LogP contribution < -0.4 is 43.1 Å². The fourth-order valence-electron chi connectivity index (χ4n) is 5.41. The van der Waals surface area contributed by atoms with Crippen LogP contribution in [0.3, 0.4) is 0 Å². The molecule has 0 nitrogen and oxygen atoms in total. The van der Waals surface area contributed by atoms with E-state index in [4.69, 9.17) is 0 Å². The number of halogens is 21. The maximum Gasteiger partial charge on any atom is 0.309 e. The fourth-order valence-corrected chi connectivity index (χ4v) is 6.55. The molecule has 0 aromatic heterocycles. The predicted molar refractivity (Wildman–Crippen MR) is 140 cm³/mol. The summed E-state index contributed by atoms with van der Waals surface area (Å²) in [6, 6.07) is 10.6. The summed E-state index contributed by atoms with van der Waals surface area (Å²) in [5, 5.41) is 0. The molecule has 0 heterocycles. The molecule has 53 heavy (non-hydrogen) atoms. The minimum absolute atomic E-state index is 0.309. The van der Waals surface area contributed by atoms with Crippen LogP contribution in [0.25, 0.3) is 0 Å². The van der Waals surface area contributed by atoms with E-state index in [0.29, 0.717) is 21.2 Å². The van der Waals surface area contributed by atoms with Crippen LogP contribution >= 0.6 is 0 Å². The molecule has 0 unspecified atom stereocenters. The molecule has 0 fully saturated rings. The third kappa shape index (κ3) is 6.24. The lowest BCUT2D eigenvalue weighted by molar-refractivity contribution is -0.597. The highest BCUT2D eigenvalue weighted by atomic mass is 127. The largest absolute Gasteiger partial charge is 0.309 e. The van der Waals surface area contributed by atoms with Crippen molar-refractivity contribution < 1.29 is 109 Å². The Morgan fingerprint density at radius 3 is 0.604 bits per heavy atom. The standard InChI is InChI=1S/C24BF20.C7H8I/c26-5-1(6(27)14(35)21(42)13(5)34)25(2-7(28)15(36)22(43)16(37)8(2)29,3-9(30)17(38)23(44)18(39)10(3)31)4-11(32)19(40)24(45)20(41)12(4)33;1-8-7-5-3-2-4-6-7/h;2-6H,1H3/q-1;+1. The molecule has 0 aliphatic heterocycles. The zero-order chi connectivity index (χ0) is 40.2. The highest BCUT2D eigenvalue weighted by Gasteiger charge is 2.52. The molecule has 5 aromatic carbocycles. The van der Waals surface area contributed by atoms with Crippen LogP contribution in [0.4, 0.5) is 87.8 Å². The summed E-state index contributed by atoms with van der Waals surface area (Å²) in [6.45, 7) is 0. The van der Waals surface area contributed by atoms with Gasteiger partial charge in [0.25, 0.3) is 0 Å². The Morgan fingerprint density at radius 2 is 0.453 bits per heavy atom. The van der Waals surface area contributed by atoms with Gasteiger partial charge >= 0.3 is 21.2 Å². The van der Waals surface area contributed by atoms with Crippen molar-refractivity contribution >= 4 is 28.0 Å². The molecule has 0 radical (unpaired) electrons. The van der Waals surface area contributed by atoms with Gasteiger partial charge in [0.2, 0.25) is 0 Å². The molecular formula is C31H8BF20I. The summed E-state index contributed by atoms with van der Waals surface area (Å²) in [4.78, 5) is 2.27. The van der Waals surface area contributed by atoms with E-state index in [1.807, 2.05) is 0 Å².